The Morgan fingerprint density at radius 1 is 1.12 bits per heavy atom. The average molecular weight is 549 g/mol. The number of aliphatic imine (C=N–C) groups is 1. The van der Waals surface area contributed by atoms with E-state index in [0.29, 0.717) is 40.8 Å². The van der Waals surface area contributed by atoms with Crippen molar-refractivity contribution >= 4 is 33.9 Å². The molecule has 1 aliphatic heterocycles. The number of aromatic amines is 1. The molecule has 10 heteroatoms. The quantitative estimate of drug-likeness (QED) is 0.150. The molecule has 3 heterocycles. The van der Waals surface area contributed by atoms with Gasteiger partial charge in [-0.1, -0.05) is 24.3 Å². The molecule has 2 N–H and O–H groups in total. The number of amides is 1. The lowest BCUT2D eigenvalue weighted by Crippen LogP contribution is -2.26. The van der Waals surface area contributed by atoms with Crippen molar-refractivity contribution in [3.05, 3.63) is 106 Å². The number of hydrogen-bond donors (Lipinski definition) is 2. The summed E-state index contributed by atoms with van der Waals surface area (Å²) in [4.78, 5) is 37.2. The fraction of sp³-hybridized carbons (Fsp3) is 0.194. The summed E-state index contributed by atoms with van der Waals surface area (Å²) >= 11 is 0. The number of aryl methyl sites for hydroxylation is 1. The molecule has 0 unspecified atom stereocenters. The van der Waals surface area contributed by atoms with Gasteiger partial charge in [0, 0.05) is 73.1 Å². The number of non-ortho nitro benzene ring substituents is 1. The maximum Gasteiger partial charge on any atom is 0.270 e. The number of fused-ring (bicyclic) bond motifs is 1. The lowest BCUT2D eigenvalue weighted by atomic mass is 9.98. The molecule has 41 heavy (non-hydrogen) atoms. The summed E-state index contributed by atoms with van der Waals surface area (Å²) in [6, 6.07) is 19.9. The molecule has 2 aromatic heterocycles. The molecule has 6 rings (SSSR count). The summed E-state index contributed by atoms with van der Waals surface area (Å²) in [5, 5.41) is 23.0. The Labute approximate surface area is 235 Å². The van der Waals surface area contributed by atoms with Gasteiger partial charge in [0.05, 0.1) is 21.9 Å². The number of nitrogens with one attached hydrogen (secondary N) is 1. The van der Waals surface area contributed by atoms with Crippen molar-refractivity contribution in [2.45, 2.75) is 19.3 Å². The number of imidazole rings is 1. The van der Waals surface area contributed by atoms with Crippen molar-refractivity contribution in [2.75, 3.05) is 13.1 Å². The van der Waals surface area contributed by atoms with Crippen molar-refractivity contribution in [3.8, 4) is 17.3 Å². The molecule has 1 saturated heterocycles. The standard InChI is InChI=1S/C31H28N6O4/c1-35-18-15-32-30(35)22-8-10-23(11-9-22)33-29(28-25-19-24(37(40)41)12-13-26(25)34-31(28)39)21-6-4-20(5-7-21)14-17-36-16-2-3-27(36)38/h4-13,15,18-19,34,39H,2-3,14,16-17H2,1H3. The van der Waals surface area contributed by atoms with E-state index in [1.165, 1.54) is 12.1 Å². The number of hydrogen-bond acceptors (Lipinski definition) is 6. The van der Waals surface area contributed by atoms with Crippen LogP contribution in [0.15, 0.2) is 84.1 Å². The SMILES string of the molecule is Cn1ccnc1-c1ccc(N=C(c2ccc(CCN3CCCC3=O)cc2)c2c(O)[nH]c3ccc([N+](=O)[O-])cc23)cc1. The Morgan fingerprint density at radius 2 is 1.90 bits per heavy atom. The highest BCUT2D eigenvalue weighted by Crippen LogP contribution is 2.34. The zero-order valence-corrected chi connectivity index (χ0v) is 22.4. The highest BCUT2D eigenvalue weighted by Gasteiger charge is 2.22. The van der Waals surface area contributed by atoms with E-state index in [9.17, 15) is 20.0 Å². The number of carbonyl (C=O) groups is 1. The van der Waals surface area contributed by atoms with E-state index in [-0.39, 0.29) is 17.5 Å². The van der Waals surface area contributed by atoms with Crippen LogP contribution in [-0.2, 0) is 18.3 Å². The monoisotopic (exact) mass is 548 g/mol. The van der Waals surface area contributed by atoms with Crippen molar-refractivity contribution in [2.24, 2.45) is 12.0 Å². The van der Waals surface area contributed by atoms with Crippen LogP contribution in [0.25, 0.3) is 22.3 Å². The lowest BCUT2D eigenvalue weighted by Gasteiger charge is -2.15. The summed E-state index contributed by atoms with van der Waals surface area (Å²) in [5.74, 6) is 0.905. The second kappa shape index (κ2) is 10.7. The molecular formula is C31H28N6O4. The van der Waals surface area contributed by atoms with Crippen LogP contribution < -0.4 is 0 Å². The zero-order valence-electron chi connectivity index (χ0n) is 22.4. The fourth-order valence-corrected chi connectivity index (χ4v) is 5.28. The molecule has 1 amide bonds. The van der Waals surface area contributed by atoms with Crippen molar-refractivity contribution < 1.29 is 14.8 Å². The van der Waals surface area contributed by atoms with Gasteiger partial charge in [-0.15, -0.1) is 0 Å². The molecule has 0 aliphatic carbocycles. The highest BCUT2D eigenvalue weighted by molar-refractivity contribution is 6.22. The summed E-state index contributed by atoms with van der Waals surface area (Å²) in [5.41, 5.74) is 4.73. The van der Waals surface area contributed by atoms with Gasteiger partial charge in [0.15, 0.2) is 5.88 Å². The van der Waals surface area contributed by atoms with E-state index in [1.54, 1.807) is 12.3 Å². The number of nitrogens with zero attached hydrogens (tertiary/aromatic N) is 5. The van der Waals surface area contributed by atoms with Gasteiger partial charge < -0.3 is 19.6 Å². The smallest absolute Gasteiger partial charge is 0.270 e. The van der Waals surface area contributed by atoms with E-state index in [1.807, 2.05) is 71.2 Å². The second-order valence-electron chi connectivity index (χ2n) is 10.1. The molecule has 206 valence electrons. The third-order valence-corrected chi connectivity index (χ3v) is 7.47. The summed E-state index contributed by atoms with van der Waals surface area (Å²) in [6.45, 7) is 1.48. The van der Waals surface area contributed by atoms with Gasteiger partial charge in [-0.3, -0.25) is 14.9 Å². The van der Waals surface area contributed by atoms with Crippen LogP contribution in [0.5, 0.6) is 5.88 Å². The topological polar surface area (TPSA) is 130 Å². The van der Waals surface area contributed by atoms with Crippen LogP contribution in [0.1, 0.15) is 29.5 Å². The van der Waals surface area contributed by atoms with Crippen LogP contribution in [0.4, 0.5) is 11.4 Å². The summed E-state index contributed by atoms with van der Waals surface area (Å²) in [7, 11) is 1.93. The largest absolute Gasteiger partial charge is 0.494 e. The van der Waals surface area contributed by atoms with Crippen LogP contribution in [0, 0.1) is 10.1 Å². The minimum atomic E-state index is -0.458. The van der Waals surface area contributed by atoms with E-state index >= 15 is 0 Å². The van der Waals surface area contributed by atoms with E-state index in [4.69, 9.17) is 4.99 Å². The molecule has 0 saturated carbocycles. The lowest BCUT2D eigenvalue weighted by molar-refractivity contribution is -0.384. The predicted octanol–water partition coefficient (Wildman–Crippen LogP) is 5.52. The maximum absolute atomic E-state index is 12.0. The molecule has 5 aromatic rings. The van der Waals surface area contributed by atoms with Crippen molar-refractivity contribution in [1.29, 1.82) is 0 Å². The predicted molar refractivity (Wildman–Crippen MR) is 157 cm³/mol. The second-order valence-corrected chi connectivity index (χ2v) is 10.1. The third kappa shape index (κ3) is 5.19. The Hall–Kier alpha value is -5.25. The van der Waals surface area contributed by atoms with Gasteiger partial charge in [0.1, 0.15) is 5.82 Å². The molecule has 0 bridgehead atoms. The number of likely N-dealkylation sites (tertiary alicyclic amines) is 1. The number of nitro groups is 1. The number of carbonyl (C=O) groups excluding carboxylic acids is 1. The van der Waals surface area contributed by atoms with Gasteiger partial charge in [0.2, 0.25) is 5.91 Å². The number of aromatic nitrogens is 3. The Balaban J connectivity index is 1.40. The number of benzene rings is 3. The minimum Gasteiger partial charge on any atom is -0.494 e. The first-order chi connectivity index (χ1) is 19.9. The number of rotatable bonds is 8. The number of nitro benzene ring substituents is 1. The normalized spacial score (nSPS) is 13.8. The van der Waals surface area contributed by atoms with Gasteiger partial charge in [-0.2, -0.15) is 0 Å². The number of aromatic hydroxyl groups is 1. The molecule has 0 radical (unpaired) electrons. The summed E-state index contributed by atoms with van der Waals surface area (Å²) in [6.07, 6.45) is 5.88. The fourth-order valence-electron chi connectivity index (χ4n) is 5.28. The van der Waals surface area contributed by atoms with E-state index in [2.05, 4.69) is 9.97 Å². The Bertz CT molecular complexity index is 1780. The maximum atomic E-state index is 12.0. The molecule has 1 fully saturated rings. The van der Waals surface area contributed by atoms with Crippen molar-refractivity contribution in [1.82, 2.24) is 19.4 Å². The zero-order chi connectivity index (χ0) is 28.5. The first kappa shape index (κ1) is 26.0. The van der Waals surface area contributed by atoms with E-state index < -0.39 is 4.92 Å². The first-order valence-electron chi connectivity index (χ1n) is 13.4. The molecule has 0 atom stereocenters. The molecule has 1 aliphatic rings. The first-order valence-corrected chi connectivity index (χ1v) is 13.4. The molecule has 10 nitrogen and oxygen atoms in total. The van der Waals surface area contributed by atoms with Crippen LogP contribution in [-0.4, -0.2) is 54.2 Å². The van der Waals surface area contributed by atoms with Crippen LogP contribution in [0.3, 0.4) is 0 Å². The summed E-state index contributed by atoms with van der Waals surface area (Å²) < 4.78 is 1.93. The highest BCUT2D eigenvalue weighted by atomic mass is 16.6. The molecular weight excluding hydrogens is 520 g/mol. The van der Waals surface area contributed by atoms with Gasteiger partial charge in [-0.25, -0.2) is 9.98 Å². The molecule has 0 spiro atoms. The van der Waals surface area contributed by atoms with Gasteiger partial charge in [0.25, 0.3) is 5.69 Å². The van der Waals surface area contributed by atoms with E-state index in [0.717, 1.165) is 41.9 Å². The average Bonchev–Trinajstić information content (AvgIpc) is 3.68. The minimum absolute atomic E-state index is 0.0803. The van der Waals surface area contributed by atoms with Crippen LogP contribution in [0.2, 0.25) is 0 Å². The van der Waals surface area contributed by atoms with Gasteiger partial charge >= 0.3 is 0 Å². The third-order valence-electron chi connectivity index (χ3n) is 7.47. The van der Waals surface area contributed by atoms with Gasteiger partial charge in [-0.05, 0) is 48.7 Å². The molecule has 3 aromatic carbocycles. The Morgan fingerprint density at radius 3 is 2.56 bits per heavy atom. The van der Waals surface area contributed by atoms with Crippen molar-refractivity contribution in [3.63, 3.8) is 0 Å². The van der Waals surface area contributed by atoms with Crippen LogP contribution >= 0.6 is 0 Å². The number of H-pyrrole nitrogens is 1. The Kier molecular flexibility index (Phi) is 6.80.